The SMILES string of the molecule is CC(C)(C)CCN1CCc2c(c3cc(Cl)ccc3n2CC(O)c2ccncc2)C1. The maximum absolute atomic E-state index is 10.8. The molecule has 5 heteroatoms. The fourth-order valence-electron chi connectivity index (χ4n) is 4.23. The van der Waals surface area contributed by atoms with Gasteiger partial charge in [0.1, 0.15) is 0 Å². The number of halogens is 1. The quantitative estimate of drug-likeness (QED) is 0.625. The average Bonchev–Trinajstić information content (AvgIpc) is 2.99. The summed E-state index contributed by atoms with van der Waals surface area (Å²) >= 11 is 6.35. The maximum Gasteiger partial charge on any atom is 0.0970 e. The molecule has 1 aromatic carbocycles. The lowest BCUT2D eigenvalue weighted by molar-refractivity contribution is 0.155. The lowest BCUT2D eigenvalue weighted by Crippen LogP contribution is -2.33. The van der Waals surface area contributed by atoms with Gasteiger partial charge in [-0.3, -0.25) is 9.88 Å². The lowest BCUT2D eigenvalue weighted by atomic mass is 9.91. The molecule has 0 amide bonds. The van der Waals surface area contributed by atoms with Gasteiger partial charge in [-0.25, -0.2) is 0 Å². The van der Waals surface area contributed by atoms with Gasteiger partial charge in [0.25, 0.3) is 0 Å². The smallest absolute Gasteiger partial charge is 0.0970 e. The third-order valence-electron chi connectivity index (χ3n) is 5.92. The Balaban J connectivity index is 1.66. The third kappa shape index (κ3) is 4.50. The molecule has 1 aliphatic rings. The highest BCUT2D eigenvalue weighted by atomic mass is 35.5. The van der Waals surface area contributed by atoms with E-state index in [9.17, 15) is 5.11 Å². The minimum atomic E-state index is -0.563. The molecule has 4 rings (SSSR count). The monoisotopic (exact) mass is 411 g/mol. The number of rotatable bonds is 5. The Kier molecular flexibility index (Phi) is 5.69. The first kappa shape index (κ1) is 20.4. The summed E-state index contributed by atoms with van der Waals surface area (Å²) < 4.78 is 2.30. The molecule has 0 fully saturated rings. The molecular weight excluding hydrogens is 382 g/mol. The second-order valence-electron chi connectivity index (χ2n) is 9.33. The number of aliphatic hydroxyl groups excluding tert-OH is 1. The van der Waals surface area contributed by atoms with E-state index in [4.69, 9.17) is 11.6 Å². The van der Waals surface area contributed by atoms with Crippen LogP contribution in [0.4, 0.5) is 0 Å². The van der Waals surface area contributed by atoms with Crippen LogP contribution in [0, 0.1) is 5.41 Å². The highest BCUT2D eigenvalue weighted by molar-refractivity contribution is 6.31. The number of fused-ring (bicyclic) bond motifs is 3. The Hall–Kier alpha value is -1.88. The number of benzene rings is 1. The summed E-state index contributed by atoms with van der Waals surface area (Å²) in [6.07, 6.45) is 5.08. The van der Waals surface area contributed by atoms with Crippen LogP contribution in [0.2, 0.25) is 5.02 Å². The fraction of sp³-hybridized carbons (Fsp3) is 0.458. The molecular formula is C24H30ClN3O. The second kappa shape index (κ2) is 8.10. The topological polar surface area (TPSA) is 41.3 Å². The van der Waals surface area contributed by atoms with Crippen LogP contribution < -0.4 is 0 Å². The molecule has 0 radical (unpaired) electrons. The number of hydrogen-bond donors (Lipinski definition) is 1. The van der Waals surface area contributed by atoms with Gasteiger partial charge in [-0.2, -0.15) is 0 Å². The van der Waals surface area contributed by atoms with Crippen LogP contribution in [0.15, 0.2) is 42.7 Å². The van der Waals surface area contributed by atoms with Crippen LogP contribution in [0.5, 0.6) is 0 Å². The van der Waals surface area contributed by atoms with Crippen molar-refractivity contribution in [2.75, 3.05) is 13.1 Å². The molecule has 1 N–H and O–H groups in total. The molecule has 4 nitrogen and oxygen atoms in total. The van der Waals surface area contributed by atoms with Gasteiger partial charge in [0.15, 0.2) is 0 Å². The van der Waals surface area contributed by atoms with Crippen molar-refractivity contribution in [1.82, 2.24) is 14.5 Å². The molecule has 154 valence electrons. The van der Waals surface area contributed by atoms with Gasteiger partial charge < -0.3 is 9.67 Å². The minimum Gasteiger partial charge on any atom is -0.387 e. The van der Waals surface area contributed by atoms with E-state index in [1.54, 1.807) is 12.4 Å². The van der Waals surface area contributed by atoms with E-state index in [-0.39, 0.29) is 0 Å². The number of pyridine rings is 1. The normalized spacial score (nSPS) is 16.2. The number of hydrogen-bond acceptors (Lipinski definition) is 3. The van der Waals surface area contributed by atoms with Crippen LogP contribution in [-0.2, 0) is 19.5 Å². The van der Waals surface area contributed by atoms with Crippen molar-refractivity contribution >= 4 is 22.5 Å². The maximum atomic E-state index is 10.8. The summed E-state index contributed by atoms with van der Waals surface area (Å²) in [5, 5.41) is 12.8. The zero-order chi connectivity index (χ0) is 20.6. The summed E-state index contributed by atoms with van der Waals surface area (Å²) in [6.45, 7) is 10.5. The first-order chi connectivity index (χ1) is 13.8. The predicted molar refractivity (Wildman–Crippen MR) is 119 cm³/mol. The van der Waals surface area contributed by atoms with E-state index in [2.05, 4.69) is 47.4 Å². The van der Waals surface area contributed by atoms with Gasteiger partial charge >= 0.3 is 0 Å². The highest BCUT2D eigenvalue weighted by Crippen LogP contribution is 2.34. The minimum absolute atomic E-state index is 0.340. The molecule has 1 atom stereocenters. The Bertz CT molecular complexity index is 991. The van der Waals surface area contributed by atoms with E-state index in [0.29, 0.717) is 12.0 Å². The number of nitrogens with zero attached hydrogens (tertiary/aromatic N) is 3. The van der Waals surface area contributed by atoms with Crippen LogP contribution in [-0.4, -0.2) is 32.6 Å². The molecule has 2 aromatic heterocycles. The molecule has 3 aromatic rings. The van der Waals surface area contributed by atoms with Crippen molar-refractivity contribution in [3.63, 3.8) is 0 Å². The molecule has 0 aliphatic carbocycles. The highest BCUT2D eigenvalue weighted by Gasteiger charge is 2.26. The molecule has 1 unspecified atom stereocenters. The van der Waals surface area contributed by atoms with Gasteiger partial charge in [0.05, 0.1) is 12.6 Å². The number of aliphatic hydroxyl groups is 1. The van der Waals surface area contributed by atoms with Gasteiger partial charge in [-0.05, 0) is 59.8 Å². The fourth-order valence-corrected chi connectivity index (χ4v) is 4.41. The van der Waals surface area contributed by atoms with E-state index >= 15 is 0 Å². The zero-order valence-corrected chi connectivity index (χ0v) is 18.3. The van der Waals surface area contributed by atoms with Gasteiger partial charge in [0, 0.05) is 53.5 Å². The summed E-state index contributed by atoms with van der Waals surface area (Å²) in [5.74, 6) is 0. The van der Waals surface area contributed by atoms with Crippen molar-refractivity contribution in [2.24, 2.45) is 5.41 Å². The Morgan fingerprint density at radius 2 is 1.93 bits per heavy atom. The first-order valence-corrected chi connectivity index (χ1v) is 10.8. The van der Waals surface area contributed by atoms with Crippen molar-refractivity contribution in [1.29, 1.82) is 0 Å². The van der Waals surface area contributed by atoms with E-state index in [0.717, 1.165) is 42.2 Å². The summed E-state index contributed by atoms with van der Waals surface area (Å²) in [7, 11) is 0. The molecule has 29 heavy (non-hydrogen) atoms. The van der Waals surface area contributed by atoms with Crippen LogP contribution in [0.3, 0.4) is 0 Å². The average molecular weight is 412 g/mol. The standard InChI is InChI=1S/C24H30ClN3O/c1-24(2,3)9-13-27-12-8-22-20(15-27)19-14-18(25)4-5-21(19)28(22)16-23(29)17-6-10-26-11-7-17/h4-7,10-11,14,23,29H,8-9,12-13,15-16H2,1-3H3. The van der Waals surface area contributed by atoms with E-state index in [1.807, 2.05) is 18.2 Å². The Morgan fingerprint density at radius 3 is 2.66 bits per heavy atom. The number of aromatic nitrogens is 2. The largest absolute Gasteiger partial charge is 0.387 e. The van der Waals surface area contributed by atoms with Gasteiger partial charge in [0.2, 0.25) is 0 Å². The van der Waals surface area contributed by atoms with Gasteiger partial charge in [-0.15, -0.1) is 0 Å². The van der Waals surface area contributed by atoms with Crippen LogP contribution in [0.1, 0.15) is 50.1 Å². The van der Waals surface area contributed by atoms with Crippen molar-refractivity contribution in [3.8, 4) is 0 Å². The third-order valence-corrected chi connectivity index (χ3v) is 6.15. The van der Waals surface area contributed by atoms with Gasteiger partial charge in [-0.1, -0.05) is 32.4 Å². The molecule has 0 saturated carbocycles. The molecule has 0 saturated heterocycles. The van der Waals surface area contributed by atoms with E-state index < -0.39 is 6.10 Å². The Morgan fingerprint density at radius 1 is 1.17 bits per heavy atom. The van der Waals surface area contributed by atoms with Crippen LogP contribution >= 0.6 is 11.6 Å². The lowest BCUT2D eigenvalue weighted by Gasteiger charge is -2.31. The second-order valence-corrected chi connectivity index (χ2v) is 9.77. The predicted octanol–water partition coefficient (Wildman–Crippen LogP) is 5.22. The van der Waals surface area contributed by atoms with Crippen molar-refractivity contribution in [3.05, 3.63) is 64.6 Å². The van der Waals surface area contributed by atoms with Crippen LogP contribution in [0.25, 0.3) is 10.9 Å². The Labute approximate surface area is 178 Å². The molecule has 0 bridgehead atoms. The molecule has 0 spiro atoms. The van der Waals surface area contributed by atoms with Crippen molar-refractivity contribution in [2.45, 2.75) is 52.8 Å². The first-order valence-electron chi connectivity index (χ1n) is 10.4. The zero-order valence-electron chi connectivity index (χ0n) is 17.5. The van der Waals surface area contributed by atoms with Crippen molar-refractivity contribution < 1.29 is 5.11 Å². The molecule has 3 heterocycles. The summed E-state index contributed by atoms with van der Waals surface area (Å²) in [5.41, 5.74) is 5.09. The van der Waals surface area contributed by atoms with E-state index in [1.165, 1.54) is 23.1 Å². The molecule has 1 aliphatic heterocycles. The summed E-state index contributed by atoms with van der Waals surface area (Å²) in [4.78, 5) is 6.61. The summed E-state index contributed by atoms with van der Waals surface area (Å²) in [6, 6.07) is 9.89.